The second-order valence-electron chi connectivity index (χ2n) is 8.68. The molecule has 1 aliphatic rings. The topological polar surface area (TPSA) is 81.8 Å². The summed E-state index contributed by atoms with van der Waals surface area (Å²) in [7, 11) is 0. The fourth-order valence-electron chi connectivity index (χ4n) is 4.27. The third-order valence-corrected chi connectivity index (χ3v) is 6.23. The highest BCUT2D eigenvalue weighted by Gasteiger charge is 2.32. The average molecular weight is 512 g/mol. The number of hydrogen-bond acceptors (Lipinski definition) is 6. The number of benzene rings is 1. The highest BCUT2D eigenvalue weighted by atomic mass is 35.5. The van der Waals surface area contributed by atoms with Gasteiger partial charge in [-0.15, -0.1) is 0 Å². The molecule has 0 aliphatic carbocycles. The predicted molar refractivity (Wildman–Crippen MR) is 127 cm³/mol. The summed E-state index contributed by atoms with van der Waals surface area (Å²) in [5, 5.41) is 13.0. The number of aryl methyl sites for hydroxylation is 2. The van der Waals surface area contributed by atoms with Gasteiger partial charge < -0.3 is 10.6 Å². The first-order valence-corrected chi connectivity index (χ1v) is 11.7. The summed E-state index contributed by atoms with van der Waals surface area (Å²) in [6, 6.07) is 4.55. The molecule has 2 aromatic heterocycles. The van der Waals surface area contributed by atoms with Crippen molar-refractivity contribution in [2.24, 2.45) is 0 Å². The first-order chi connectivity index (χ1) is 16.6. The van der Waals surface area contributed by atoms with Crippen LogP contribution in [0.4, 0.5) is 40.8 Å². The molecule has 7 nitrogen and oxygen atoms in total. The van der Waals surface area contributed by atoms with Crippen LogP contribution in [0.3, 0.4) is 0 Å². The van der Waals surface area contributed by atoms with Gasteiger partial charge in [-0.25, -0.2) is 9.37 Å². The van der Waals surface area contributed by atoms with E-state index in [1.165, 1.54) is 12.3 Å². The summed E-state index contributed by atoms with van der Waals surface area (Å²) in [6.07, 6.45) is -1.31. The maximum atomic E-state index is 15.1. The molecule has 1 atom stereocenters. The van der Waals surface area contributed by atoms with E-state index in [0.717, 1.165) is 24.1 Å². The van der Waals surface area contributed by atoms with Crippen molar-refractivity contribution in [1.29, 1.82) is 0 Å². The molecule has 0 radical (unpaired) electrons. The van der Waals surface area contributed by atoms with E-state index in [1.54, 1.807) is 12.1 Å². The molecule has 188 valence electrons. The van der Waals surface area contributed by atoms with Crippen molar-refractivity contribution >= 4 is 34.9 Å². The van der Waals surface area contributed by atoms with Gasteiger partial charge in [0.25, 0.3) is 0 Å². The first-order valence-electron chi connectivity index (χ1n) is 11.3. The fourth-order valence-corrected chi connectivity index (χ4v) is 4.41. The molecule has 1 aliphatic heterocycles. The molecule has 1 saturated heterocycles. The summed E-state index contributed by atoms with van der Waals surface area (Å²) in [6.45, 7) is 4.14. The van der Waals surface area contributed by atoms with Crippen LogP contribution in [0, 0.1) is 19.7 Å². The lowest BCUT2D eigenvalue weighted by Crippen LogP contribution is -2.36. The average Bonchev–Trinajstić information content (AvgIpc) is 3.21. The number of nitrogens with zero attached hydrogens (tertiary/aromatic N) is 4. The van der Waals surface area contributed by atoms with E-state index in [1.807, 2.05) is 18.7 Å². The number of rotatable bonds is 7. The number of alkyl halides is 3. The fraction of sp³-hybridized carbons (Fsp3) is 0.435. The normalized spacial score (nSPS) is 16.9. The summed E-state index contributed by atoms with van der Waals surface area (Å²) < 4.78 is 53.5. The van der Waals surface area contributed by atoms with Crippen LogP contribution >= 0.6 is 11.6 Å². The van der Waals surface area contributed by atoms with Crippen LogP contribution in [0.25, 0.3) is 0 Å². The van der Waals surface area contributed by atoms with Gasteiger partial charge in [0.05, 0.1) is 18.3 Å². The standard InChI is InChI=1S/C23H26ClF4N7/c1-13-9-18(30-22-29-12-16(24)21(32-22)31-20-10-14(2)33-34-20)17(25)11-15(13)19-5-3-4-7-35(19)8-6-23(26,27)28/h9-12,19H,3-8H2,1-2H3,(H3,29,30,31,32,33,34). The van der Waals surface area contributed by atoms with Crippen molar-refractivity contribution in [3.05, 3.63) is 52.1 Å². The van der Waals surface area contributed by atoms with Crippen molar-refractivity contribution in [3.63, 3.8) is 0 Å². The summed E-state index contributed by atoms with van der Waals surface area (Å²) in [4.78, 5) is 10.2. The molecule has 3 heterocycles. The van der Waals surface area contributed by atoms with Crippen LogP contribution in [-0.4, -0.2) is 44.3 Å². The molecule has 4 rings (SSSR count). The van der Waals surface area contributed by atoms with Gasteiger partial charge in [0.1, 0.15) is 10.8 Å². The summed E-state index contributed by atoms with van der Waals surface area (Å²) in [5.41, 5.74) is 2.48. The summed E-state index contributed by atoms with van der Waals surface area (Å²) >= 11 is 6.18. The Kier molecular flexibility index (Phi) is 7.46. The highest BCUT2D eigenvalue weighted by Crippen LogP contribution is 2.36. The van der Waals surface area contributed by atoms with Crippen molar-refractivity contribution in [2.75, 3.05) is 23.7 Å². The minimum atomic E-state index is -4.22. The molecule has 1 fully saturated rings. The highest BCUT2D eigenvalue weighted by molar-refractivity contribution is 6.32. The van der Waals surface area contributed by atoms with E-state index in [2.05, 4.69) is 30.8 Å². The Bertz CT molecular complexity index is 1180. The lowest BCUT2D eigenvalue weighted by atomic mass is 9.91. The molecule has 3 N–H and O–H groups in total. The van der Waals surface area contributed by atoms with Gasteiger partial charge in [-0.1, -0.05) is 18.0 Å². The van der Waals surface area contributed by atoms with E-state index in [4.69, 9.17) is 11.6 Å². The number of nitrogens with one attached hydrogen (secondary N) is 3. The van der Waals surface area contributed by atoms with Crippen molar-refractivity contribution in [1.82, 2.24) is 25.1 Å². The minimum absolute atomic E-state index is 0.0981. The number of aromatic nitrogens is 4. The number of hydrogen-bond donors (Lipinski definition) is 3. The largest absolute Gasteiger partial charge is 0.390 e. The number of H-pyrrole nitrogens is 1. The van der Waals surface area contributed by atoms with Crippen LogP contribution in [0.2, 0.25) is 5.02 Å². The molecule has 0 amide bonds. The first kappa shape index (κ1) is 25.2. The lowest BCUT2D eigenvalue weighted by molar-refractivity contribution is -0.139. The van der Waals surface area contributed by atoms with Gasteiger partial charge in [0.2, 0.25) is 5.95 Å². The van der Waals surface area contributed by atoms with Gasteiger partial charge in [0.15, 0.2) is 11.6 Å². The second kappa shape index (κ2) is 10.4. The van der Waals surface area contributed by atoms with Gasteiger partial charge in [-0.05, 0) is 56.5 Å². The molecule has 0 spiro atoms. The van der Waals surface area contributed by atoms with E-state index < -0.39 is 18.4 Å². The molecular weight excluding hydrogens is 486 g/mol. The zero-order chi connectivity index (χ0) is 25.2. The van der Waals surface area contributed by atoms with E-state index in [0.29, 0.717) is 30.2 Å². The van der Waals surface area contributed by atoms with Crippen LogP contribution in [0.5, 0.6) is 0 Å². The third-order valence-electron chi connectivity index (χ3n) is 5.95. The van der Waals surface area contributed by atoms with Gasteiger partial charge in [-0.3, -0.25) is 10.00 Å². The Morgan fingerprint density at radius 3 is 2.69 bits per heavy atom. The molecule has 12 heteroatoms. The van der Waals surface area contributed by atoms with Gasteiger partial charge >= 0.3 is 6.18 Å². The lowest BCUT2D eigenvalue weighted by Gasteiger charge is -2.37. The minimum Gasteiger partial charge on any atom is -0.322 e. The van der Waals surface area contributed by atoms with Gasteiger partial charge in [-0.2, -0.15) is 23.3 Å². The van der Waals surface area contributed by atoms with Crippen molar-refractivity contribution < 1.29 is 17.6 Å². The molecule has 1 aromatic carbocycles. The SMILES string of the molecule is Cc1cc(Nc2nc(Nc3cc(C)c(C4CCCCN4CCC(F)(F)F)cc3F)ncc2Cl)n[nH]1. The molecule has 3 aromatic rings. The number of aromatic amines is 1. The molecule has 35 heavy (non-hydrogen) atoms. The zero-order valence-electron chi connectivity index (χ0n) is 19.3. The quantitative estimate of drug-likeness (QED) is 0.311. The number of anilines is 4. The number of piperidine rings is 1. The predicted octanol–water partition coefficient (Wildman–Crippen LogP) is 6.58. The van der Waals surface area contributed by atoms with Crippen LogP contribution in [0.1, 0.15) is 48.5 Å². The molecule has 0 saturated carbocycles. The Hall–Kier alpha value is -2.92. The second-order valence-corrected chi connectivity index (χ2v) is 9.08. The summed E-state index contributed by atoms with van der Waals surface area (Å²) in [5.74, 6) is 0.400. The third kappa shape index (κ3) is 6.40. The van der Waals surface area contributed by atoms with Crippen LogP contribution in [0.15, 0.2) is 24.4 Å². The Morgan fingerprint density at radius 1 is 1.17 bits per heavy atom. The number of likely N-dealkylation sites (tertiary alicyclic amines) is 1. The Labute approximate surface area is 205 Å². The molecule has 1 unspecified atom stereocenters. The molecular formula is C23H26ClF4N7. The Morgan fingerprint density at radius 2 is 1.97 bits per heavy atom. The van der Waals surface area contributed by atoms with Gasteiger partial charge in [0, 0.05) is 24.3 Å². The van der Waals surface area contributed by atoms with E-state index in [9.17, 15) is 13.2 Å². The van der Waals surface area contributed by atoms with E-state index in [-0.39, 0.29) is 29.2 Å². The smallest absolute Gasteiger partial charge is 0.322 e. The monoisotopic (exact) mass is 511 g/mol. The van der Waals surface area contributed by atoms with Crippen molar-refractivity contribution in [3.8, 4) is 0 Å². The molecule has 0 bridgehead atoms. The number of halogens is 5. The Balaban J connectivity index is 1.53. The van der Waals surface area contributed by atoms with Crippen LogP contribution < -0.4 is 10.6 Å². The maximum absolute atomic E-state index is 15.1. The zero-order valence-corrected chi connectivity index (χ0v) is 20.1. The van der Waals surface area contributed by atoms with Crippen molar-refractivity contribution in [2.45, 2.75) is 51.7 Å². The van der Waals surface area contributed by atoms with Crippen LogP contribution in [-0.2, 0) is 0 Å². The maximum Gasteiger partial charge on any atom is 0.390 e. The van der Waals surface area contributed by atoms with E-state index >= 15 is 4.39 Å².